The van der Waals surface area contributed by atoms with Crippen LogP contribution in [-0.4, -0.2) is 62.6 Å². The average molecular weight is 588 g/mol. The number of carbonyl (C=O) groups is 1. The minimum absolute atomic E-state index is 0. The first-order valence-electron chi connectivity index (χ1n) is 13.6. The summed E-state index contributed by atoms with van der Waals surface area (Å²) < 4.78 is 37.5. The molecule has 1 aliphatic heterocycles. The average Bonchev–Trinajstić information content (AvgIpc) is 2.91. The number of hydrogen-bond acceptors (Lipinski definition) is 5. The number of hydrogen-bond donors (Lipinski definition) is 1. The summed E-state index contributed by atoms with van der Waals surface area (Å²) in [5.41, 5.74) is 9.50. The number of piperidine rings is 1. The highest BCUT2D eigenvalue weighted by atomic mass is 35.5. The molecule has 4 rings (SSSR count). The fourth-order valence-corrected chi connectivity index (χ4v) is 6.14. The summed E-state index contributed by atoms with van der Waals surface area (Å²) in [5.74, 6) is -0.0937. The van der Waals surface area contributed by atoms with Gasteiger partial charge in [-0.3, -0.25) is 4.79 Å². The molecule has 0 radical (unpaired) electrons. The molecule has 1 unspecified atom stereocenters. The molecule has 3 aromatic rings. The second kappa shape index (κ2) is 14.1. The number of sulfone groups is 1. The highest BCUT2D eigenvalue weighted by Gasteiger charge is 2.27. The lowest BCUT2D eigenvalue weighted by atomic mass is 9.88. The van der Waals surface area contributed by atoms with E-state index in [4.69, 9.17) is 5.73 Å². The van der Waals surface area contributed by atoms with Crippen LogP contribution in [0.5, 0.6) is 0 Å². The minimum Gasteiger partial charge on any atom is -0.399 e. The molecule has 6 nitrogen and oxygen atoms in total. The fraction of sp³-hybridized carbons (Fsp3) is 0.387. The molecule has 0 spiro atoms. The van der Waals surface area contributed by atoms with Gasteiger partial charge in [0.1, 0.15) is 5.82 Å². The van der Waals surface area contributed by atoms with E-state index in [2.05, 4.69) is 4.90 Å². The van der Waals surface area contributed by atoms with E-state index >= 15 is 0 Å². The van der Waals surface area contributed by atoms with Crippen molar-refractivity contribution in [2.75, 3.05) is 38.2 Å². The Morgan fingerprint density at radius 1 is 1.02 bits per heavy atom. The molecular weight excluding hydrogens is 549 g/mol. The lowest BCUT2D eigenvalue weighted by molar-refractivity contribution is -0.133. The molecule has 40 heavy (non-hydrogen) atoms. The van der Waals surface area contributed by atoms with Gasteiger partial charge in [0.25, 0.3) is 0 Å². The summed E-state index contributed by atoms with van der Waals surface area (Å²) in [4.78, 5) is 17.8. The molecule has 0 aliphatic carbocycles. The highest BCUT2D eigenvalue weighted by molar-refractivity contribution is 7.90. The minimum atomic E-state index is -3.26. The van der Waals surface area contributed by atoms with E-state index in [0.717, 1.165) is 55.6 Å². The summed E-state index contributed by atoms with van der Waals surface area (Å²) >= 11 is 0. The maximum absolute atomic E-state index is 14.0. The number of benzene rings is 3. The summed E-state index contributed by atoms with van der Waals surface area (Å²) in [6, 6.07) is 21.4. The molecule has 216 valence electrons. The molecule has 0 bridgehead atoms. The summed E-state index contributed by atoms with van der Waals surface area (Å²) in [7, 11) is -3.26. The first-order chi connectivity index (χ1) is 18.6. The lowest BCUT2D eigenvalue weighted by Crippen LogP contribution is -2.48. The lowest BCUT2D eigenvalue weighted by Gasteiger charge is -2.38. The van der Waals surface area contributed by atoms with Gasteiger partial charge < -0.3 is 15.5 Å². The van der Waals surface area contributed by atoms with Gasteiger partial charge >= 0.3 is 0 Å². The second-order valence-electron chi connectivity index (χ2n) is 10.4. The summed E-state index contributed by atoms with van der Waals surface area (Å²) in [6.07, 6.45) is 4.10. The SMILES string of the molecule is CCN(C(=O)Cc1ccc(S(C)(=O)=O)cc1)C1CCN(CCC(c2ccc(N)cc2)c2cccc(F)c2)CC1.Cl. The van der Waals surface area contributed by atoms with E-state index in [1.807, 2.05) is 42.2 Å². The Bertz CT molecular complexity index is 1360. The topological polar surface area (TPSA) is 83.7 Å². The number of carbonyl (C=O) groups excluding carboxylic acids is 1. The van der Waals surface area contributed by atoms with Crippen LogP contribution in [0.3, 0.4) is 0 Å². The zero-order valence-electron chi connectivity index (χ0n) is 23.1. The third-order valence-corrected chi connectivity index (χ3v) is 8.82. The maximum Gasteiger partial charge on any atom is 0.227 e. The molecule has 9 heteroatoms. The number of nitrogen functional groups attached to an aromatic ring is 1. The largest absolute Gasteiger partial charge is 0.399 e. The molecule has 1 atom stereocenters. The van der Waals surface area contributed by atoms with E-state index in [1.165, 1.54) is 12.3 Å². The van der Waals surface area contributed by atoms with E-state index in [9.17, 15) is 17.6 Å². The Hall–Kier alpha value is -2.94. The number of likely N-dealkylation sites (N-methyl/N-ethyl adjacent to an activating group) is 1. The van der Waals surface area contributed by atoms with Crippen LogP contribution in [0, 0.1) is 5.82 Å². The monoisotopic (exact) mass is 587 g/mol. The van der Waals surface area contributed by atoms with Gasteiger partial charge in [-0.25, -0.2) is 12.8 Å². The van der Waals surface area contributed by atoms with Crippen molar-refractivity contribution in [1.29, 1.82) is 0 Å². The predicted octanol–water partition coefficient (Wildman–Crippen LogP) is 5.31. The van der Waals surface area contributed by atoms with Gasteiger partial charge in [0.05, 0.1) is 11.3 Å². The zero-order chi connectivity index (χ0) is 28.0. The Labute approximate surface area is 243 Å². The van der Waals surface area contributed by atoms with Crippen LogP contribution in [0.4, 0.5) is 10.1 Å². The Kier molecular flexibility index (Phi) is 11.1. The van der Waals surface area contributed by atoms with Gasteiger partial charge in [-0.2, -0.15) is 0 Å². The number of amides is 1. The van der Waals surface area contributed by atoms with Crippen molar-refractivity contribution >= 4 is 33.8 Å². The van der Waals surface area contributed by atoms with Gasteiger partial charge in [0, 0.05) is 43.5 Å². The quantitative estimate of drug-likeness (QED) is 0.325. The third-order valence-electron chi connectivity index (χ3n) is 7.69. The molecule has 1 heterocycles. The Balaban J connectivity index is 0.00000441. The van der Waals surface area contributed by atoms with E-state index in [0.29, 0.717) is 12.2 Å². The Morgan fingerprint density at radius 3 is 2.25 bits per heavy atom. The number of likely N-dealkylation sites (tertiary alicyclic amines) is 1. The van der Waals surface area contributed by atoms with E-state index in [-0.39, 0.29) is 47.4 Å². The highest BCUT2D eigenvalue weighted by Crippen LogP contribution is 2.30. The van der Waals surface area contributed by atoms with Crippen LogP contribution < -0.4 is 5.73 Å². The van der Waals surface area contributed by atoms with Crippen LogP contribution in [-0.2, 0) is 21.1 Å². The standard InChI is InChI=1S/C31H38FN3O3S.ClH/c1-3-35(31(36)21-23-7-13-29(14-8-23)39(2,37)38)28-15-18-34(19-16-28)20-17-30(24-9-11-27(33)12-10-24)25-5-4-6-26(32)22-25;/h4-14,22,28,30H,3,15-21,33H2,1-2H3;1H. The van der Waals surface area contributed by atoms with Crippen LogP contribution in [0.25, 0.3) is 0 Å². The van der Waals surface area contributed by atoms with Crippen molar-refractivity contribution in [3.63, 3.8) is 0 Å². The summed E-state index contributed by atoms with van der Waals surface area (Å²) in [5, 5.41) is 0. The van der Waals surface area contributed by atoms with Crippen molar-refractivity contribution in [3.05, 3.63) is 95.3 Å². The Morgan fingerprint density at radius 2 is 1.68 bits per heavy atom. The van der Waals surface area contributed by atoms with E-state index < -0.39 is 9.84 Å². The van der Waals surface area contributed by atoms with Crippen molar-refractivity contribution in [1.82, 2.24) is 9.80 Å². The number of nitrogens with zero attached hydrogens (tertiary/aromatic N) is 2. The molecule has 1 amide bonds. The molecule has 1 saturated heterocycles. The van der Waals surface area contributed by atoms with Gasteiger partial charge in [0.2, 0.25) is 5.91 Å². The molecule has 1 aliphatic rings. The summed E-state index contributed by atoms with van der Waals surface area (Å²) in [6.45, 7) is 5.33. The third kappa shape index (κ3) is 8.29. The number of nitrogens with two attached hydrogens (primary N) is 1. The number of anilines is 1. The van der Waals surface area contributed by atoms with Crippen molar-refractivity contribution in [2.24, 2.45) is 0 Å². The first kappa shape index (κ1) is 31.6. The van der Waals surface area contributed by atoms with Crippen molar-refractivity contribution in [3.8, 4) is 0 Å². The predicted molar refractivity (Wildman–Crippen MR) is 161 cm³/mol. The van der Waals surface area contributed by atoms with Crippen LogP contribution in [0.2, 0.25) is 0 Å². The number of rotatable bonds is 10. The molecule has 0 saturated carbocycles. The molecule has 2 N–H and O–H groups in total. The smallest absolute Gasteiger partial charge is 0.227 e. The van der Waals surface area contributed by atoms with Crippen LogP contribution >= 0.6 is 12.4 Å². The molecular formula is C31H39ClFN3O3S. The van der Waals surface area contributed by atoms with Crippen LogP contribution in [0.15, 0.2) is 77.7 Å². The molecule has 3 aromatic carbocycles. The van der Waals surface area contributed by atoms with Gasteiger partial charge in [-0.1, -0.05) is 36.4 Å². The van der Waals surface area contributed by atoms with Gasteiger partial charge in [-0.15, -0.1) is 12.4 Å². The van der Waals surface area contributed by atoms with Gasteiger partial charge in [0.15, 0.2) is 9.84 Å². The maximum atomic E-state index is 14.0. The normalized spacial score (nSPS) is 15.3. The second-order valence-corrected chi connectivity index (χ2v) is 12.4. The first-order valence-corrected chi connectivity index (χ1v) is 15.4. The van der Waals surface area contributed by atoms with Crippen molar-refractivity contribution < 1.29 is 17.6 Å². The van der Waals surface area contributed by atoms with Crippen LogP contribution in [0.1, 0.15) is 48.8 Å². The zero-order valence-corrected chi connectivity index (χ0v) is 24.8. The van der Waals surface area contributed by atoms with Gasteiger partial charge in [-0.05, 0) is 85.8 Å². The molecule has 1 fully saturated rings. The van der Waals surface area contributed by atoms with E-state index in [1.54, 1.807) is 36.4 Å². The fourth-order valence-electron chi connectivity index (χ4n) is 5.51. The number of halogens is 2. The molecule has 0 aromatic heterocycles. The van der Waals surface area contributed by atoms with Crippen molar-refractivity contribution in [2.45, 2.75) is 49.5 Å².